The molecule has 3 nitrogen and oxygen atoms in total. The van der Waals surface area contributed by atoms with Crippen LogP contribution in [-0.4, -0.2) is 32.3 Å². The minimum atomic E-state index is 0.232. The van der Waals surface area contributed by atoms with Gasteiger partial charge in [-0.25, -0.2) is 0 Å². The first kappa shape index (κ1) is 13.2. The van der Waals surface area contributed by atoms with Gasteiger partial charge in [-0.3, -0.25) is 0 Å². The summed E-state index contributed by atoms with van der Waals surface area (Å²) in [6.07, 6.45) is 1.15. The number of rotatable bonds is 3. The van der Waals surface area contributed by atoms with Crippen LogP contribution < -0.4 is 15.0 Å². The molecular formula is C15H24N2O. The fourth-order valence-electron chi connectivity index (χ4n) is 2.67. The molecule has 1 heterocycles. The molecule has 1 aromatic carbocycles. The summed E-state index contributed by atoms with van der Waals surface area (Å²) >= 11 is 0. The third-order valence-corrected chi connectivity index (χ3v) is 3.82. The second-order valence-corrected chi connectivity index (χ2v) is 5.91. The van der Waals surface area contributed by atoms with Crippen LogP contribution in [0.15, 0.2) is 18.2 Å². The fraction of sp³-hybridized carbons (Fsp3) is 0.600. The van der Waals surface area contributed by atoms with Crippen LogP contribution in [0.5, 0.6) is 5.75 Å². The van der Waals surface area contributed by atoms with Gasteiger partial charge in [0.05, 0.1) is 12.8 Å². The van der Waals surface area contributed by atoms with Gasteiger partial charge in [-0.05, 0) is 44.9 Å². The maximum Gasteiger partial charge on any atom is 0.142 e. The number of benzene rings is 1. The number of hydrogen-bond donors (Lipinski definition) is 1. The minimum absolute atomic E-state index is 0.232. The molecule has 0 amide bonds. The van der Waals surface area contributed by atoms with Crippen LogP contribution in [0.3, 0.4) is 0 Å². The molecule has 1 aliphatic rings. The number of nitrogens with zero attached hydrogens (tertiary/aromatic N) is 1. The van der Waals surface area contributed by atoms with Crippen molar-refractivity contribution in [2.75, 3.05) is 25.6 Å². The normalized spacial score (nSPS) is 21.9. The van der Waals surface area contributed by atoms with Crippen molar-refractivity contribution in [2.45, 2.75) is 38.8 Å². The number of anilines is 1. The van der Waals surface area contributed by atoms with Crippen molar-refractivity contribution in [1.29, 1.82) is 0 Å². The fourth-order valence-corrected chi connectivity index (χ4v) is 2.67. The number of likely N-dealkylation sites (N-methyl/N-ethyl adjacent to an activating group) is 1. The van der Waals surface area contributed by atoms with Crippen molar-refractivity contribution in [2.24, 2.45) is 0 Å². The lowest BCUT2D eigenvalue weighted by atomic mass is 10.0. The highest BCUT2D eigenvalue weighted by Crippen LogP contribution is 2.32. The van der Waals surface area contributed by atoms with Crippen molar-refractivity contribution < 1.29 is 4.74 Å². The first-order valence-corrected chi connectivity index (χ1v) is 6.55. The van der Waals surface area contributed by atoms with Gasteiger partial charge in [-0.1, -0.05) is 6.07 Å². The molecule has 1 saturated heterocycles. The van der Waals surface area contributed by atoms with Gasteiger partial charge in [-0.15, -0.1) is 0 Å². The summed E-state index contributed by atoms with van der Waals surface area (Å²) in [6.45, 7) is 7.66. The molecule has 3 heteroatoms. The van der Waals surface area contributed by atoms with Gasteiger partial charge >= 0.3 is 0 Å². The third kappa shape index (κ3) is 2.61. The number of hydrogen-bond acceptors (Lipinski definition) is 3. The zero-order valence-electron chi connectivity index (χ0n) is 12.1. The summed E-state index contributed by atoms with van der Waals surface area (Å²) in [4.78, 5) is 2.34. The number of aryl methyl sites for hydroxylation is 1. The average Bonchev–Trinajstić information content (AvgIpc) is 2.68. The van der Waals surface area contributed by atoms with E-state index in [1.165, 1.54) is 11.3 Å². The molecule has 2 rings (SSSR count). The molecule has 0 bridgehead atoms. The molecule has 1 unspecified atom stereocenters. The summed E-state index contributed by atoms with van der Waals surface area (Å²) < 4.78 is 5.47. The minimum Gasteiger partial charge on any atom is -0.495 e. The van der Waals surface area contributed by atoms with Gasteiger partial charge < -0.3 is 15.0 Å². The summed E-state index contributed by atoms with van der Waals surface area (Å²) in [6, 6.07) is 6.86. The van der Waals surface area contributed by atoms with Crippen molar-refractivity contribution >= 4 is 5.69 Å². The number of nitrogens with one attached hydrogen (secondary N) is 1. The maximum atomic E-state index is 5.47. The second kappa shape index (κ2) is 4.81. The summed E-state index contributed by atoms with van der Waals surface area (Å²) in [5.74, 6) is 0.952. The molecule has 1 aliphatic heterocycles. The predicted octanol–water partition coefficient (Wildman–Crippen LogP) is 2.58. The quantitative estimate of drug-likeness (QED) is 0.890. The molecule has 0 aliphatic carbocycles. The Kier molecular flexibility index (Phi) is 3.53. The van der Waals surface area contributed by atoms with Crippen LogP contribution in [0.4, 0.5) is 5.69 Å². The molecule has 0 aromatic heterocycles. The van der Waals surface area contributed by atoms with E-state index in [1.54, 1.807) is 7.11 Å². The lowest BCUT2D eigenvalue weighted by molar-refractivity contribution is 0.412. The average molecular weight is 248 g/mol. The standard InChI is InChI=1S/C15H24N2O/c1-11-6-7-14(18-5)13(8-11)17(4)12-9-15(2,3)16-10-12/h6-8,12,16H,9-10H2,1-5H3. The second-order valence-electron chi connectivity index (χ2n) is 5.91. The highest BCUT2D eigenvalue weighted by molar-refractivity contribution is 5.60. The van der Waals surface area contributed by atoms with Gasteiger partial charge in [0.1, 0.15) is 5.75 Å². The summed E-state index contributed by atoms with van der Waals surface area (Å²) in [5, 5.41) is 3.57. The van der Waals surface area contributed by atoms with Crippen LogP contribution in [-0.2, 0) is 0 Å². The van der Waals surface area contributed by atoms with E-state index in [0.717, 1.165) is 18.7 Å². The molecule has 18 heavy (non-hydrogen) atoms. The first-order valence-electron chi connectivity index (χ1n) is 6.55. The zero-order chi connectivity index (χ0) is 13.3. The largest absolute Gasteiger partial charge is 0.495 e. The smallest absolute Gasteiger partial charge is 0.142 e. The van der Waals surface area contributed by atoms with Gasteiger partial charge in [0, 0.05) is 25.2 Å². The Balaban J connectivity index is 2.23. The Morgan fingerprint density at radius 1 is 1.39 bits per heavy atom. The van der Waals surface area contributed by atoms with E-state index in [4.69, 9.17) is 4.74 Å². The Morgan fingerprint density at radius 3 is 2.67 bits per heavy atom. The van der Waals surface area contributed by atoms with E-state index >= 15 is 0 Å². The van der Waals surface area contributed by atoms with Gasteiger partial charge in [0.25, 0.3) is 0 Å². The first-order chi connectivity index (χ1) is 8.43. The molecule has 0 saturated carbocycles. The molecule has 0 radical (unpaired) electrons. The SMILES string of the molecule is COc1ccc(C)cc1N(C)C1CNC(C)(C)C1. The van der Waals surface area contributed by atoms with Gasteiger partial charge in [-0.2, -0.15) is 0 Å². The Labute approximate surface area is 110 Å². The van der Waals surface area contributed by atoms with Crippen LogP contribution in [0.25, 0.3) is 0 Å². The highest BCUT2D eigenvalue weighted by atomic mass is 16.5. The van der Waals surface area contributed by atoms with E-state index in [2.05, 4.69) is 56.2 Å². The maximum absolute atomic E-state index is 5.47. The number of methoxy groups -OCH3 is 1. The van der Waals surface area contributed by atoms with Crippen LogP contribution >= 0.6 is 0 Å². The topological polar surface area (TPSA) is 24.5 Å². The van der Waals surface area contributed by atoms with Crippen LogP contribution in [0.1, 0.15) is 25.8 Å². The van der Waals surface area contributed by atoms with Crippen molar-refractivity contribution in [3.8, 4) is 5.75 Å². The molecule has 1 aromatic rings. The Hall–Kier alpha value is -1.22. The van der Waals surface area contributed by atoms with Crippen LogP contribution in [0, 0.1) is 6.92 Å². The van der Waals surface area contributed by atoms with E-state index in [9.17, 15) is 0 Å². The molecule has 1 atom stereocenters. The number of ether oxygens (including phenoxy) is 1. The molecular weight excluding hydrogens is 224 g/mol. The highest BCUT2D eigenvalue weighted by Gasteiger charge is 2.33. The molecule has 0 spiro atoms. The Bertz CT molecular complexity index is 429. The van der Waals surface area contributed by atoms with Crippen LogP contribution in [0.2, 0.25) is 0 Å². The van der Waals surface area contributed by atoms with Gasteiger partial charge in [0.2, 0.25) is 0 Å². The van der Waals surface area contributed by atoms with E-state index in [1.807, 2.05) is 0 Å². The molecule has 1 fully saturated rings. The van der Waals surface area contributed by atoms with Gasteiger partial charge in [0.15, 0.2) is 0 Å². The van der Waals surface area contributed by atoms with E-state index < -0.39 is 0 Å². The lowest BCUT2D eigenvalue weighted by Gasteiger charge is -2.28. The monoisotopic (exact) mass is 248 g/mol. The lowest BCUT2D eigenvalue weighted by Crippen LogP contribution is -2.33. The van der Waals surface area contributed by atoms with Crippen molar-refractivity contribution in [1.82, 2.24) is 5.32 Å². The Morgan fingerprint density at radius 2 is 2.11 bits per heavy atom. The van der Waals surface area contributed by atoms with E-state index in [-0.39, 0.29) is 5.54 Å². The molecule has 1 N–H and O–H groups in total. The zero-order valence-corrected chi connectivity index (χ0v) is 12.1. The molecule has 100 valence electrons. The van der Waals surface area contributed by atoms with Crippen molar-refractivity contribution in [3.63, 3.8) is 0 Å². The summed E-state index contributed by atoms with van der Waals surface area (Å²) in [5.41, 5.74) is 2.68. The van der Waals surface area contributed by atoms with E-state index in [0.29, 0.717) is 6.04 Å². The third-order valence-electron chi connectivity index (χ3n) is 3.82. The summed E-state index contributed by atoms with van der Waals surface area (Å²) in [7, 11) is 3.89. The predicted molar refractivity (Wildman–Crippen MR) is 76.6 cm³/mol. The van der Waals surface area contributed by atoms with Crippen molar-refractivity contribution in [3.05, 3.63) is 23.8 Å².